The number of carbonyl (C=O) groups excluding carboxylic acids is 1. The van der Waals surface area contributed by atoms with Crippen LogP contribution in [0.2, 0.25) is 0 Å². The van der Waals surface area contributed by atoms with E-state index in [1.807, 2.05) is 0 Å². The Labute approximate surface area is 156 Å². The van der Waals surface area contributed by atoms with Crippen molar-refractivity contribution < 1.29 is 14.7 Å². The summed E-state index contributed by atoms with van der Waals surface area (Å²) in [6.45, 7) is 5.52. The van der Waals surface area contributed by atoms with Gasteiger partial charge in [-0.15, -0.1) is 0 Å². The molecule has 0 aromatic rings. The summed E-state index contributed by atoms with van der Waals surface area (Å²) in [5.41, 5.74) is 6.58. The van der Waals surface area contributed by atoms with Gasteiger partial charge in [-0.1, -0.05) is 19.0 Å². The van der Waals surface area contributed by atoms with E-state index in [2.05, 4.69) is 19.0 Å². The third-order valence-electron chi connectivity index (χ3n) is 8.63. The summed E-state index contributed by atoms with van der Waals surface area (Å²) >= 11 is 0. The molecule has 0 amide bonds. The molecule has 0 saturated heterocycles. The number of nitrogens with zero attached hydrogens (tertiary/aromatic N) is 1. The largest absolute Gasteiger partial charge is 0.395 e. The first-order chi connectivity index (χ1) is 12.4. The van der Waals surface area contributed by atoms with E-state index in [1.54, 1.807) is 0 Å². The molecule has 3 N–H and O–H groups in total. The van der Waals surface area contributed by atoms with Gasteiger partial charge < -0.3 is 15.7 Å². The van der Waals surface area contributed by atoms with Gasteiger partial charge >= 0.3 is 0 Å². The fraction of sp³-hybridized carbons (Fsp3) is 0.905. The Bertz CT molecular complexity index is 606. The minimum atomic E-state index is -0.292. The van der Waals surface area contributed by atoms with Crippen molar-refractivity contribution in [3.63, 3.8) is 0 Å². The molecule has 0 aliphatic heterocycles. The lowest BCUT2D eigenvalue weighted by Gasteiger charge is -2.60. The number of fused-ring (bicyclic) bond motifs is 5. The van der Waals surface area contributed by atoms with Crippen molar-refractivity contribution in [2.75, 3.05) is 13.2 Å². The molecule has 5 nitrogen and oxygen atoms in total. The Morgan fingerprint density at radius 3 is 2.77 bits per heavy atom. The third-order valence-corrected chi connectivity index (χ3v) is 8.63. The monoisotopic (exact) mass is 362 g/mol. The highest BCUT2D eigenvalue weighted by Crippen LogP contribution is 2.65. The molecule has 0 spiro atoms. The van der Waals surface area contributed by atoms with Crippen LogP contribution in [-0.2, 0) is 9.63 Å². The van der Waals surface area contributed by atoms with Crippen LogP contribution in [0.3, 0.4) is 0 Å². The minimum absolute atomic E-state index is 0.124. The number of ketones is 1. The number of hydrogen-bond acceptors (Lipinski definition) is 5. The van der Waals surface area contributed by atoms with Gasteiger partial charge in [-0.2, -0.15) is 0 Å². The van der Waals surface area contributed by atoms with E-state index in [4.69, 9.17) is 10.6 Å². The average molecular weight is 363 g/mol. The number of aliphatic hydroxyl groups is 1. The van der Waals surface area contributed by atoms with Gasteiger partial charge in [-0.25, -0.2) is 0 Å². The van der Waals surface area contributed by atoms with Crippen LogP contribution in [0.15, 0.2) is 5.16 Å². The van der Waals surface area contributed by atoms with Crippen LogP contribution in [0, 0.1) is 34.5 Å². The van der Waals surface area contributed by atoms with E-state index in [0.717, 1.165) is 57.1 Å². The number of carbonyl (C=O) groups is 1. The zero-order valence-corrected chi connectivity index (χ0v) is 16.2. The van der Waals surface area contributed by atoms with E-state index < -0.39 is 0 Å². The van der Waals surface area contributed by atoms with E-state index >= 15 is 0 Å². The van der Waals surface area contributed by atoms with E-state index in [0.29, 0.717) is 36.7 Å². The van der Waals surface area contributed by atoms with Crippen molar-refractivity contribution in [1.29, 1.82) is 0 Å². The van der Waals surface area contributed by atoms with Crippen molar-refractivity contribution in [3.8, 4) is 0 Å². The quantitative estimate of drug-likeness (QED) is 0.597. The van der Waals surface area contributed by atoms with Crippen LogP contribution < -0.4 is 5.73 Å². The lowest BCUT2D eigenvalue weighted by atomic mass is 9.44. The molecule has 4 unspecified atom stereocenters. The molecule has 0 aromatic heterocycles. The molecule has 4 fully saturated rings. The second kappa shape index (κ2) is 6.59. The lowest BCUT2D eigenvalue weighted by molar-refractivity contribution is -0.153. The van der Waals surface area contributed by atoms with E-state index in [1.165, 1.54) is 0 Å². The van der Waals surface area contributed by atoms with Gasteiger partial charge in [0.05, 0.1) is 11.8 Å². The Kier molecular flexibility index (Phi) is 4.67. The molecule has 0 heterocycles. The molecule has 7 atom stereocenters. The summed E-state index contributed by atoms with van der Waals surface area (Å²) in [6.07, 6.45) is 7.38. The fourth-order valence-corrected chi connectivity index (χ4v) is 7.15. The highest BCUT2D eigenvalue weighted by molar-refractivity contribution is 5.87. The molecule has 4 aliphatic rings. The van der Waals surface area contributed by atoms with Crippen LogP contribution in [-0.4, -0.2) is 35.9 Å². The number of aliphatic hydroxyl groups excluding tert-OH is 1. The van der Waals surface area contributed by atoms with E-state index in [-0.39, 0.29) is 22.9 Å². The predicted octanol–water partition coefficient (Wildman–Crippen LogP) is 2.90. The van der Waals surface area contributed by atoms with Gasteiger partial charge in [0.25, 0.3) is 0 Å². The molecule has 26 heavy (non-hydrogen) atoms. The van der Waals surface area contributed by atoms with Crippen molar-refractivity contribution in [2.45, 2.75) is 71.3 Å². The Hall–Kier alpha value is -0.940. The van der Waals surface area contributed by atoms with Gasteiger partial charge in [0.15, 0.2) is 0 Å². The summed E-state index contributed by atoms with van der Waals surface area (Å²) in [4.78, 5) is 17.8. The summed E-state index contributed by atoms with van der Waals surface area (Å²) in [6, 6.07) is 0. The molecular weight excluding hydrogens is 328 g/mol. The second-order valence-corrected chi connectivity index (χ2v) is 9.69. The Balaban J connectivity index is 1.56. The van der Waals surface area contributed by atoms with Gasteiger partial charge in [0.2, 0.25) is 0 Å². The first-order valence-electron chi connectivity index (χ1n) is 10.5. The highest BCUT2D eigenvalue weighted by atomic mass is 16.6. The maximum absolute atomic E-state index is 12.5. The van der Waals surface area contributed by atoms with Gasteiger partial charge in [0, 0.05) is 18.4 Å². The minimum Gasteiger partial charge on any atom is -0.395 e. The van der Waals surface area contributed by atoms with Crippen LogP contribution >= 0.6 is 0 Å². The Morgan fingerprint density at radius 2 is 2.00 bits per heavy atom. The average Bonchev–Trinajstić information content (AvgIpc) is 2.92. The highest BCUT2D eigenvalue weighted by Gasteiger charge is 2.61. The smallest absolute Gasteiger partial charge is 0.139 e. The maximum Gasteiger partial charge on any atom is 0.139 e. The summed E-state index contributed by atoms with van der Waals surface area (Å²) in [5.74, 6) is 2.34. The number of hydrogen-bond donors (Lipinski definition) is 2. The van der Waals surface area contributed by atoms with Gasteiger partial charge in [-0.3, -0.25) is 4.79 Å². The van der Waals surface area contributed by atoms with Gasteiger partial charge in [-0.05, 0) is 74.0 Å². The van der Waals surface area contributed by atoms with E-state index in [9.17, 15) is 9.90 Å². The summed E-state index contributed by atoms with van der Waals surface area (Å²) in [5, 5.41) is 15.4. The number of nitrogens with two attached hydrogens (primary N) is 1. The van der Waals surface area contributed by atoms with Crippen LogP contribution in [0.4, 0.5) is 0 Å². The molecule has 0 aromatic carbocycles. The SMILES string of the molecule is C[C@]12CC/C(=N\OCCN)CC1[C@H](O)CC1C2CC[C@]2(C)C(=O)CCC12. The van der Waals surface area contributed by atoms with Crippen molar-refractivity contribution in [3.05, 3.63) is 0 Å². The fourth-order valence-electron chi connectivity index (χ4n) is 7.15. The molecule has 0 bridgehead atoms. The zero-order chi connectivity index (χ0) is 18.5. The second-order valence-electron chi connectivity index (χ2n) is 9.69. The number of rotatable bonds is 3. The lowest BCUT2D eigenvalue weighted by Crippen LogP contribution is -2.57. The normalized spacial score (nSPS) is 49.5. The van der Waals surface area contributed by atoms with Crippen LogP contribution in [0.5, 0.6) is 0 Å². The molecular formula is C21H34N2O3. The van der Waals surface area contributed by atoms with Crippen molar-refractivity contribution in [2.24, 2.45) is 45.4 Å². The van der Waals surface area contributed by atoms with Crippen LogP contribution in [0.1, 0.15) is 65.2 Å². The molecule has 4 aliphatic carbocycles. The van der Waals surface area contributed by atoms with Gasteiger partial charge in [0.1, 0.15) is 12.4 Å². The summed E-state index contributed by atoms with van der Waals surface area (Å²) in [7, 11) is 0. The number of Topliss-reactive ketones (excluding diaryl/α,β-unsaturated/α-hetero) is 1. The standard InChI is InChI=1S/C21H34N2O3/c1-20-7-5-13(23-26-10-9-22)11-17(20)18(24)12-14-15-3-4-19(25)21(15,2)8-6-16(14)20/h14-18,24H,3-12,22H2,1-2H3/b23-13+/t14?,15?,16?,17?,18-,20-,21+/m1/s1. The molecule has 146 valence electrons. The Morgan fingerprint density at radius 1 is 1.19 bits per heavy atom. The molecule has 4 rings (SSSR count). The molecule has 5 heteroatoms. The first kappa shape index (κ1) is 18.4. The molecule has 0 radical (unpaired) electrons. The maximum atomic E-state index is 12.5. The zero-order valence-electron chi connectivity index (χ0n) is 16.2. The summed E-state index contributed by atoms with van der Waals surface area (Å²) < 4.78 is 0. The molecule has 4 saturated carbocycles. The van der Waals surface area contributed by atoms with Crippen molar-refractivity contribution >= 4 is 11.5 Å². The third kappa shape index (κ3) is 2.65. The topological polar surface area (TPSA) is 84.9 Å². The predicted molar refractivity (Wildman–Crippen MR) is 101 cm³/mol. The number of oxime groups is 1. The first-order valence-corrected chi connectivity index (χ1v) is 10.5. The van der Waals surface area contributed by atoms with Crippen molar-refractivity contribution in [1.82, 2.24) is 0 Å². The van der Waals surface area contributed by atoms with Crippen LogP contribution in [0.25, 0.3) is 0 Å².